The molecular weight excluding hydrogens is 174 g/mol. The lowest BCUT2D eigenvalue weighted by molar-refractivity contribution is 0.0705. The molecule has 76 valence electrons. The van der Waals surface area contributed by atoms with Crippen molar-refractivity contribution in [3.05, 3.63) is 35.9 Å². The smallest absolute Gasteiger partial charge is 0.0696 e. The third-order valence-corrected chi connectivity index (χ3v) is 2.90. The SMILES string of the molecule is COC1CCC(c2ccccc2)NC1. The second-order valence-corrected chi connectivity index (χ2v) is 3.81. The van der Waals surface area contributed by atoms with Gasteiger partial charge in [0.25, 0.3) is 0 Å². The Morgan fingerprint density at radius 3 is 2.57 bits per heavy atom. The molecule has 0 radical (unpaired) electrons. The van der Waals surface area contributed by atoms with Gasteiger partial charge in [0.15, 0.2) is 0 Å². The summed E-state index contributed by atoms with van der Waals surface area (Å²) in [7, 11) is 1.79. The van der Waals surface area contributed by atoms with Crippen LogP contribution >= 0.6 is 0 Å². The van der Waals surface area contributed by atoms with E-state index in [0.29, 0.717) is 12.1 Å². The zero-order valence-electron chi connectivity index (χ0n) is 8.57. The van der Waals surface area contributed by atoms with Crippen LogP contribution in [0.25, 0.3) is 0 Å². The molecule has 2 nitrogen and oxygen atoms in total. The minimum absolute atomic E-state index is 0.398. The molecule has 1 aromatic rings. The molecule has 1 saturated heterocycles. The Hall–Kier alpha value is -0.860. The highest BCUT2D eigenvalue weighted by Crippen LogP contribution is 2.23. The fourth-order valence-electron chi connectivity index (χ4n) is 2.00. The Morgan fingerprint density at radius 1 is 1.21 bits per heavy atom. The number of piperidine rings is 1. The molecule has 1 aliphatic heterocycles. The molecule has 1 aromatic carbocycles. The third kappa shape index (κ3) is 2.14. The molecule has 0 aliphatic carbocycles. The van der Waals surface area contributed by atoms with Gasteiger partial charge in [-0.3, -0.25) is 0 Å². The summed E-state index contributed by atoms with van der Waals surface area (Å²) in [6, 6.07) is 11.1. The number of benzene rings is 1. The molecule has 0 aromatic heterocycles. The van der Waals surface area contributed by atoms with Gasteiger partial charge < -0.3 is 10.1 Å². The molecule has 0 bridgehead atoms. The van der Waals surface area contributed by atoms with Gasteiger partial charge in [0.05, 0.1) is 6.10 Å². The van der Waals surface area contributed by atoms with Crippen LogP contribution in [0, 0.1) is 0 Å². The van der Waals surface area contributed by atoms with E-state index in [0.717, 1.165) is 13.0 Å². The third-order valence-electron chi connectivity index (χ3n) is 2.90. The van der Waals surface area contributed by atoms with Gasteiger partial charge >= 0.3 is 0 Å². The van der Waals surface area contributed by atoms with Crippen LogP contribution in [-0.4, -0.2) is 19.8 Å². The predicted octanol–water partition coefficient (Wildman–Crippen LogP) is 2.13. The first-order valence-corrected chi connectivity index (χ1v) is 5.21. The normalized spacial score (nSPS) is 27.5. The van der Waals surface area contributed by atoms with Crippen molar-refractivity contribution in [1.29, 1.82) is 0 Å². The average Bonchev–Trinajstić information content (AvgIpc) is 2.30. The molecule has 14 heavy (non-hydrogen) atoms. The summed E-state index contributed by atoms with van der Waals surface area (Å²) in [6.07, 6.45) is 2.72. The number of methoxy groups -OCH3 is 1. The molecule has 2 atom stereocenters. The highest BCUT2D eigenvalue weighted by atomic mass is 16.5. The largest absolute Gasteiger partial charge is 0.380 e. The molecule has 1 N–H and O–H groups in total. The van der Waals surface area contributed by atoms with E-state index in [1.165, 1.54) is 12.0 Å². The molecule has 0 spiro atoms. The van der Waals surface area contributed by atoms with Gasteiger partial charge in [0.2, 0.25) is 0 Å². The summed E-state index contributed by atoms with van der Waals surface area (Å²) in [6.45, 7) is 0.968. The number of nitrogens with one attached hydrogen (secondary N) is 1. The summed E-state index contributed by atoms with van der Waals surface area (Å²) >= 11 is 0. The van der Waals surface area contributed by atoms with E-state index in [9.17, 15) is 0 Å². The van der Waals surface area contributed by atoms with Crippen molar-refractivity contribution < 1.29 is 4.74 Å². The number of hydrogen-bond donors (Lipinski definition) is 1. The topological polar surface area (TPSA) is 21.3 Å². The maximum absolute atomic E-state index is 5.31. The first kappa shape index (κ1) is 9.69. The van der Waals surface area contributed by atoms with E-state index in [-0.39, 0.29) is 0 Å². The Labute approximate surface area is 85.3 Å². The summed E-state index contributed by atoms with van der Waals surface area (Å²) in [5.74, 6) is 0. The Morgan fingerprint density at radius 2 is 2.00 bits per heavy atom. The lowest BCUT2D eigenvalue weighted by atomic mass is 9.96. The average molecular weight is 191 g/mol. The van der Waals surface area contributed by atoms with Crippen LogP contribution in [0.2, 0.25) is 0 Å². The summed E-state index contributed by atoms with van der Waals surface area (Å²) < 4.78 is 5.31. The monoisotopic (exact) mass is 191 g/mol. The van der Waals surface area contributed by atoms with Gasteiger partial charge in [0, 0.05) is 19.7 Å². The van der Waals surface area contributed by atoms with Crippen LogP contribution in [0.1, 0.15) is 24.4 Å². The summed E-state index contributed by atoms with van der Waals surface area (Å²) in [5.41, 5.74) is 1.39. The van der Waals surface area contributed by atoms with Crippen LogP contribution < -0.4 is 5.32 Å². The first-order valence-electron chi connectivity index (χ1n) is 5.21. The van der Waals surface area contributed by atoms with Crippen LogP contribution in [0.5, 0.6) is 0 Å². The van der Waals surface area contributed by atoms with Gasteiger partial charge in [-0.05, 0) is 18.4 Å². The van der Waals surface area contributed by atoms with Crippen molar-refractivity contribution in [2.75, 3.05) is 13.7 Å². The Bertz CT molecular complexity index is 265. The summed E-state index contributed by atoms with van der Waals surface area (Å²) in [4.78, 5) is 0. The molecule has 1 fully saturated rings. The molecule has 0 amide bonds. The Kier molecular flexibility index (Phi) is 3.17. The predicted molar refractivity (Wildman–Crippen MR) is 57.2 cm³/mol. The fraction of sp³-hybridized carbons (Fsp3) is 0.500. The quantitative estimate of drug-likeness (QED) is 0.773. The van der Waals surface area contributed by atoms with Gasteiger partial charge in [-0.2, -0.15) is 0 Å². The van der Waals surface area contributed by atoms with E-state index in [4.69, 9.17) is 4.74 Å². The van der Waals surface area contributed by atoms with Gasteiger partial charge in [0.1, 0.15) is 0 Å². The van der Waals surface area contributed by atoms with E-state index in [1.54, 1.807) is 7.11 Å². The molecule has 2 unspecified atom stereocenters. The number of hydrogen-bond acceptors (Lipinski definition) is 2. The molecular formula is C12H17NO. The zero-order chi connectivity index (χ0) is 9.80. The second-order valence-electron chi connectivity index (χ2n) is 3.81. The summed E-state index contributed by atoms with van der Waals surface area (Å²) in [5, 5.41) is 3.51. The number of rotatable bonds is 2. The van der Waals surface area contributed by atoms with Gasteiger partial charge in [-0.1, -0.05) is 30.3 Å². The van der Waals surface area contributed by atoms with Crippen LogP contribution in [0.4, 0.5) is 0 Å². The highest BCUT2D eigenvalue weighted by Gasteiger charge is 2.20. The van der Waals surface area contributed by atoms with E-state index >= 15 is 0 Å². The zero-order valence-corrected chi connectivity index (χ0v) is 8.57. The lowest BCUT2D eigenvalue weighted by Gasteiger charge is -2.29. The first-order chi connectivity index (χ1) is 6.90. The van der Waals surface area contributed by atoms with Crippen molar-refractivity contribution >= 4 is 0 Å². The van der Waals surface area contributed by atoms with Crippen molar-refractivity contribution in [2.24, 2.45) is 0 Å². The maximum atomic E-state index is 5.31. The number of ether oxygens (including phenoxy) is 1. The second kappa shape index (κ2) is 4.58. The van der Waals surface area contributed by atoms with E-state index in [2.05, 4.69) is 35.6 Å². The minimum Gasteiger partial charge on any atom is -0.380 e. The van der Waals surface area contributed by atoms with Crippen LogP contribution in [0.3, 0.4) is 0 Å². The molecule has 2 heteroatoms. The molecule has 0 saturated carbocycles. The minimum atomic E-state index is 0.398. The van der Waals surface area contributed by atoms with Crippen molar-refractivity contribution in [3.8, 4) is 0 Å². The standard InChI is InChI=1S/C12H17NO/c1-14-11-7-8-12(13-9-11)10-5-3-2-4-6-10/h2-6,11-13H,7-9H2,1H3. The van der Waals surface area contributed by atoms with E-state index in [1.807, 2.05) is 0 Å². The van der Waals surface area contributed by atoms with Crippen LogP contribution in [0.15, 0.2) is 30.3 Å². The van der Waals surface area contributed by atoms with Gasteiger partial charge in [-0.15, -0.1) is 0 Å². The molecule has 2 rings (SSSR count). The van der Waals surface area contributed by atoms with Crippen molar-refractivity contribution in [3.63, 3.8) is 0 Å². The van der Waals surface area contributed by atoms with Crippen molar-refractivity contribution in [1.82, 2.24) is 5.32 Å². The van der Waals surface area contributed by atoms with Crippen LogP contribution in [-0.2, 0) is 4.74 Å². The lowest BCUT2D eigenvalue weighted by Crippen LogP contribution is -2.37. The molecule has 1 heterocycles. The fourth-order valence-corrected chi connectivity index (χ4v) is 2.00. The maximum Gasteiger partial charge on any atom is 0.0696 e. The van der Waals surface area contributed by atoms with Gasteiger partial charge in [-0.25, -0.2) is 0 Å². The van der Waals surface area contributed by atoms with Crippen molar-refractivity contribution in [2.45, 2.75) is 25.0 Å². The van der Waals surface area contributed by atoms with E-state index < -0.39 is 0 Å². The highest BCUT2D eigenvalue weighted by molar-refractivity contribution is 5.19. The Balaban J connectivity index is 1.96. The molecule has 1 aliphatic rings.